The Morgan fingerprint density at radius 3 is 1.88 bits per heavy atom. The number of rotatable bonds is 15. The van der Waals surface area contributed by atoms with Gasteiger partial charge >= 0.3 is 0 Å². The summed E-state index contributed by atoms with van der Waals surface area (Å²) in [4.78, 5) is 0. The fourth-order valence-electron chi connectivity index (χ4n) is 3.02. The molecular formula is C20H36O3Si. The Morgan fingerprint density at radius 2 is 1.29 bits per heavy atom. The van der Waals surface area contributed by atoms with Crippen LogP contribution in [0, 0.1) is 0 Å². The van der Waals surface area contributed by atoms with Crippen molar-refractivity contribution in [3.8, 4) is 0 Å². The Labute approximate surface area is 150 Å². The third kappa shape index (κ3) is 8.97. The zero-order valence-corrected chi connectivity index (χ0v) is 17.3. The Bertz CT molecular complexity index is 380. The van der Waals surface area contributed by atoms with Gasteiger partial charge in [-0.15, -0.1) is 0 Å². The van der Waals surface area contributed by atoms with E-state index in [-0.39, 0.29) is 9.52 Å². The lowest BCUT2D eigenvalue weighted by Crippen LogP contribution is -2.39. The van der Waals surface area contributed by atoms with Crippen LogP contribution in [0.2, 0.25) is 6.04 Å². The molecule has 1 rings (SSSR count). The molecule has 0 heterocycles. The van der Waals surface area contributed by atoms with Crippen molar-refractivity contribution in [2.75, 3.05) is 19.8 Å². The first-order valence-corrected chi connectivity index (χ1v) is 11.4. The lowest BCUT2D eigenvalue weighted by atomic mass is 10.1. The first kappa shape index (κ1) is 21.4. The topological polar surface area (TPSA) is 27.7 Å². The lowest BCUT2D eigenvalue weighted by molar-refractivity contribution is -0.380. The molecule has 0 aliphatic heterocycles. The maximum Gasteiger partial charge on any atom is 0.282 e. The van der Waals surface area contributed by atoms with Crippen molar-refractivity contribution >= 4 is 14.7 Å². The van der Waals surface area contributed by atoms with E-state index in [1.807, 2.05) is 20.8 Å². The molecule has 0 atom stereocenters. The molecule has 138 valence electrons. The minimum atomic E-state index is -0.821. The van der Waals surface area contributed by atoms with Crippen LogP contribution in [-0.4, -0.2) is 35.3 Å². The van der Waals surface area contributed by atoms with Crippen molar-refractivity contribution in [2.45, 2.75) is 71.3 Å². The van der Waals surface area contributed by atoms with E-state index in [9.17, 15) is 0 Å². The standard InChI is InChI=1S/C20H36O3Si/c1-4-21-20(22-5-2,23-6-3)17-13-8-7-9-14-18-24-19-15-11-10-12-16-19/h10-12,15-16H,4-9,13-14,17-18,24H2,1-3H3. The summed E-state index contributed by atoms with van der Waals surface area (Å²) in [6, 6.07) is 12.4. The molecule has 0 aromatic heterocycles. The van der Waals surface area contributed by atoms with Crippen LogP contribution in [-0.2, 0) is 14.2 Å². The molecule has 3 nitrogen and oxygen atoms in total. The quantitative estimate of drug-likeness (QED) is 0.271. The van der Waals surface area contributed by atoms with Gasteiger partial charge in [-0.05, 0) is 27.2 Å². The fourth-order valence-corrected chi connectivity index (χ4v) is 4.64. The molecule has 0 bridgehead atoms. The van der Waals surface area contributed by atoms with Gasteiger partial charge in [-0.25, -0.2) is 0 Å². The summed E-state index contributed by atoms with van der Waals surface area (Å²) in [6.45, 7) is 7.81. The summed E-state index contributed by atoms with van der Waals surface area (Å²) >= 11 is 0. The average molecular weight is 353 g/mol. The highest BCUT2D eigenvalue weighted by molar-refractivity contribution is 6.53. The number of ether oxygens (including phenoxy) is 3. The van der Waals surface area contributed by atoms with Crippen molar-refractivity contribution in [2.24, 2.45) is 0 Å². The van der Waals surface area contributed by atoms with Crippen molar-refractivity contribution in [1.82, 2.24) is 0 Å². The summed E-state index contributed by atoms with van der Waals surface area (Å²) in [5, 5.41) is 1.59. The summed E-state index contributed by atoms with van der Waals surface area (Å²) in [7, 11) is -0.0541. The van der Waals surface area contributed by atoms with Gasteiger partial charge in [0.2, 0.25) is 0 Å². The smallest absolute Gasteiger partial charge is 0.282 e. The van der Waals surface area contributed by atoms with Crippen LogP contribution in [0.15, 0.2) is 30.3 Å². The van der Waals surface area contributed by atoms with E-state index < -0.39 is 5.97 Å². The van der Waals surface area contributed by atoms with E-state index in [1.165, 1.54) is 31.7 Å². The van der Waals surface area contributed by atoms with Gasteiger partial charge in [-0.3, -0.25) is 0 Å². The molecule has 0 spiro atoms. The number of hydrogen-bond acceptors (Lipinski definition) is 3. The second kappa shape index (κ2) is 13.6. The highest BCUT2D eigenvalue weighted by Crippen LogP contribution is 2.24. The molecule has 0 aliphatic rings. The third-order valence-corrected chi connectivity index (χ3v) is 6.04. The zero-order valence-electron chi connectivity index (χ0n) is 15.9. The summed E-state index contributed by atoms with van der Waals surface area (Å²) < 4.78 is 17.3. The largest absolute Gasteiger partial charge is 0.328 e. The lowest BCUT2D eigenvalue weighted by Gasteiger charge is -2.32. The van der Waals surface area contributed by atoms with Gasteiger partial charge in [0.05, 0.1) is 9.52 Å². The Balaban J connectivity index is 2.12. The van der Waals surface area contributed by atoms with Crippen LogP contribution >= 0.6 is 0 Å². The molecule has 0 fully saturated rings. The van der Waals surface area contributed by atoms with E-state index in [1.54, 1.807) is 5.19 Å². The maximum atomic E-state index is 5.77. The van der Waals surface area contributed by atoms with Crippen molar-refractivity contribution in [3.05, 3.63) is 30.3 Å². The normalized spacial score (nSPS) is 12.3. The van der Waals surface area contributed by atoms with Gasteiger partial charge in [-0.1, -0.05) is 67.2 Å². The predicted octanol–water partition coefficient (Wildman–Crippen LogP) is 4.00. The molecule has 0 N–H and O–H groups in total. The minimum Gasteiger partial charge on any atom is -0.328 e. The summed E-state index contributed by atoms with van der Waals surface area (Å²) in [5.74, 6) is -0.821. The van der Waals surface area contributed by atoms with Gasteiger partial charge in [-0.2, -0.15) is 0 Å². The van der Waals surface area contributed by atoms with Crippen LogP contribution < -0.4 is 5.19 Å². The second-order valence-electron chi connectivity index (χ2n) is 6.09. The summed E-state index contributed by atoms with van der Waals surface area (Å²) in [5.41, 5.74) is 0. The second-order valence-corrected chi connectivity index (χ2v) is 8.11. The maximum absolute atomic E-state index is 5.77. The molecule has 1 aromatic carbocycles. The average Bonchev–Trinajstić information content (AvgIpc) is 2.59. The van der Waals surface area contributed by atoms with E-state index >= 15 is 0 Å². The van der Waals surface area contributed by atoms with Gasteiger partial charge < -0.3 is 14.2 Å². The van der Waals surface area contributed by atoms with Crippen LogP contribution in [0.5, 0.6) is 0 Å². The van der Waals surface area contributed by atoms with Crippen LogP contribution in [0.25, 0.3) is 0 Å². The van der Waals surface area contributed by atoms with Crippen molar-refractivity contribution < 1.29 is 14.2 Å². The summed E-state index contributed by atoms with van der Waals surface area (Å²) in [6.07, 6.45) is 7.14. The van der Waals surface area contributed by atoms with Crippen molar-refractivity contribution in [1.29, 1.82) is 0 Å². The zero-order chi connectivity index (χ0) is 17.5. The molecule has 0 saturated heterocycles. The number of unbranched alkanes of at least 4 members (excludes halogenated alkanes) is 4. The van der Waals surface area contributed by atoms with E-state index in [0.717, 1.165) is 12.8 Å². The third-order valence-electron chi connectivity index (χ3n) is 4.13. The highest BCUT2D eigenvalue weighted by Gasteiger charge is 2.31. The number of benzene rings is 1. The van der Waals surface area contributed by atoms with Gasteiger partial charge in [0.25, 0.3) is 5.97 Å². The van der Waals surface area contributed by atoms with Crippen molar-refractivity contribution in [3.63, 3.8) is 0 Å². The fraction of sp³-hybridized carbons (Fsp3) is 0.700. The molecule has 0 radical (unpaired) electrons. The van der Waals surface area contributed by atoms with E-state index in [0.29, 0.717) is 19.8 Å². The molecule has 0 saturated carbocycles. The van der Waals surface area contributed by atoms with Gasteiger partial charge in [0.1, 0.15) is 0 Å². The van der Waals surface area contributed by atoms with Gasteiger partial charge in [0.15, 0.2) is 0 Å². The molecular weight excluding hydrogens is 316 g/mol. The van der Waals surface area contributed by atoms with Crippen LogP contribution in [0.1, 0.15) is 59.3 Å². The Morgan fingerprint density at radius 1 is 0.750 bits per heavy atom. The molecule has 0 amide bonds. The molecule has 4 heteroatoms. The van der Waals surface area contributed by atoms with Gasteiger partial charge in [0, 0.05) is 26.2 Å². The highest BCUT2D eigenvalue weighted by atomic mass is 28.2. The Hall–Kier alpha value is -0.683. The molecule has 0 aliphatic carbocycles. The number of hydrogen-bond donors (Lipinski definition) is 0. The molecule has 24 heavy (non-hydrogen) atoms. The first-order valence-electron chi connectivity index (χ1n) is 9.72. The van der Waals surface area contributed by atoms with Crippen LogP contribution in [0.3, 0.4) is 0 Å². The minimum absolute atomic E-state index is 0.0541. The monoisotopic (exact) mass is 352 g/mol. The Kier molecular flexibility index (Phi) is 12.1. The first-order chi connectivity index (χ1) is 11.8. The van der Waals surface area contributed by atoms with E-state index in [4.69, 9.17) is 14.2 Å². The SMILES string of the molecule is CCOC(CCCCCCC[SiH2]c1ccccc1)(OCC)OCC. The van der Waals surface area contributed by atoms with Crippen LogP contribution in [0.4, 0.5) is 0 Å². The predicted molar refractivity (Wildman–Crippen MR) is 105 cm³/mol. The molecule has 0 unspecified atom stereocenters. The van der Waals surface area contributed by atoms with E-state index in [2.05, 4.69) is 30.3 Å². The molecule has 1 aromatic rings.